The fourth-order valence-corrected chi connectivity index (χ4v) is 5.59. The van der Waals surface area contributed by atoms with E-state index in [0.29, 0.717) is 36.7 Å². The van der Waals surface area contributed by atoms with Crippen LogP contribution in [0.5, 0.6) is 0 Å². The van der Waals surface area contributed by atoms with E-state index in [1.165, 1.54) is 11.3 Å². The van der Waals surface area contributed by atoms with E-state index >= 15 is 0 Å². The third-order valence-electron chi connectivity index (χ3n) is 4.20. The summed E-state index contributed by atoms with van der Waals surface area (Å²) in [5.74, 6) is 0. The Bertz CT molecular complexity index is 848. The Morgan fingerprint density at radius 1 is 1.23 bits per heavy atom. The number of benzene rings is 1. The first-order chi connectivity index (χ1) is 12.4. The molecule has 0 saturated carbocycles. The molecule has 26 heavy (non-hydrogen) atoms. The van der Waals surface area contributed by atoms with Crippen LogP contribution in [0.15, 0.2) is 50.5 Å². The van der Waals surface area contributed by atoms with Crippen molar-refractivity contribution in [3.05, 3.63) is 51.8 Å². The number of carbonyl (C=O) groups is 1. The topological polar surface area (TPSA) is 78.5 Å². The van der Waals surface area contributed by atoms with E-state index in [1.54, 1.807) is 22.4 Å². The normalized spacial score (nSPS) is 15.8. The number of likely N-dealkylation sites (tertiary alicyclic amines) is 1. The van der Waals surface area contributed by atoms with Gasteiger partial charge in [0.25, 0.3) is 0 Å². The van der Waals surface area contributed by atoms with Gasteiger partial charge >= 0.3 is 6.03 Å². The molecule has 1 fully saturated rings. The van der Waals surface area contributed by atoms with E-state index in [2.05, 4.69) is 26.0 Å². The predicted molar refractivity (Wildman–Crippen MR) is 106 cm³/mol. The highest BCUT2D eigenvalue weighted by Crippen LogP contribution is 2.19. The maximum absolute atomic E-state index is 12.3. The van der Waals surface area contributed by atoms with Crippen molar-refractivity contribution in [1.29, 1.82) is 0 Å². The number of urea groups is 1. The van der Waals surface area contributed by atoms with E-state index in [0.717, 1.165) is 10.0 Å². The number of hydrogen-bond acceptors (Lipinski definition) is 4. The lowest BCUT2D eigenvalue weighted by atomic mass is 10.1. The van der Waals surface area contributed by atoms with Crippen LogP contribution in [0.25, 0.3) is 0 Å². The number of nitrogens with one attached hydrogen (secondary N) is 2. The molecule has 0 bridgehead atoms. The first-order valence-corrected chi connectivity index (χ1v) is 11.4. The van der Waals surface area contributed by atoms with Crippen molar-refractivity contribution >= 4 is 43.3 Å². The van der Waals surface area contributed by atoms with Crippen LogP contribution >= 0.6 is 27.3 Å². The summed E-state index contributed by atoms with van der Waals surface area (Å²) in [6, 6.07) is 10.8. The molecule has 140 valence electrons. The van der Waals surface area contributed by atoms with E-state index in [-0.39, 0.29) is 12.1 Å². The van der Waals surface area contributed by atoms with Gasteiger partial charge < -0.3 is 10.2 Å². The number of nitrogens with zero attached hydrogens (tertiary/aromatic N) is 1. The van der Waals surface area contributed by atoms with E-state index in [1.807, 2.05) is 24.3 Å². The van der Waals surface area contributed by atoms with Gasteiger partial charge in [-0.3, -0.25) is 0 Å². The molecule has 6 nitrogen and oxygen atoms in total. The van der Waals surface area contributed by atoms with Crippen molar-refractivity contribution in [3.8, 4) is 0 Å². The average molecular weight is 458 g/mol. The Hall–Kier alpha value is -1.42. The highest BCUT2D eigenvalue weighted by atomic mass is 79.9. The molecule has 0 aliphatic carbocycles. The van der Waals surface area contributed by atoms with Crippen molar-refractivity contribution in [2.75, 3.05) is 13.1 Å². The van der Waals surface area contributed by atoms with Gasteiger partial charge in [0.2, 0.25) is 10.0 Å². The monoisotopic (exact) mass is 457 g/mol. The summed E-state index contributed by atoms with van der Waals surface area (Å²) in [5.41, 5.74) is 1.02. The smallest absolute Gasteiger partial charge is 0.317 e. The summed E-state index contributed by atoms with van der Waals surface area (Å²) < 4.78 is 28.6. The summed E-state index contributed by atoms with van der Waals surface area (Å²) >= 11 is 4.61. The minimum atomic E-state index is -3.46. The summed E-state index contributed by atoms with van der Waals surface area (Å²) in [6.45, 7) is 1.52. The third kappa shape index (κ3) is 5.06. The van der Waals surface area contributed by atoms with E-state index < -0.39 is 10.0 Å². The van der Waals surface area contributed by atoms with Gasteiger partial charge in [-0.05, 0) is 42.0 Å². The molecular weight excluding hydrogens is 438 g/mol. The lowest BCUT2D eigenvalue weighted by Gasteiger charge is -2.32. The minimum absolute atomic E-state index is 0.121. The zero-order valence-corrected chi connectivity index (χ0v) is 17.2. The van der Waals surface area contributed by atoms with Crippen molar-refractivity contribution in [2.24, 2.45) is 0 Å². The lowest BCUT2D eigenvalue weighted by Crippen LogP contribution is -2.49. The number of thiophene rings is 1. The fourth-order valence-electron chi connectivity index (χ4n) is 2.83. The maximum atomic E-state index is 12.3. The van der Waals surface area contributed by atoms with Crippen LogP contribution in [0.4, 0.5) is 4.79 Å². The third-order valence-corrected chi connectivity index (χ3v) is 7.61. The first kappa shape index (κ1) is 19.3. The Morgan fingerprint density at radius 3 is 2.65 bits per heavy atom. The molecule has 9 heteroatoms. The highest BCUT2D eigenvalue weighted by molar-refractivity contribution is 9.10. The molecule has 1 aliphatic rings. The van der Waals surface area contributed by atoms with Crippen molar-refractivity contribution in [3.63, 3.8) is 0 Å². The van der Waals surface area contributed by atoms with Gasteiger partial charge in [0.05, 0.1) is 0 Å². The summed E-state index contributed by atoms with van der Waals surface area (Å²) in [5, 5.41) is 4.65. The van der Waals surface area contributed by atoms with Gasteiger partial charge in [-0.2, -0.15) is 0 Å². The largest absolute Gasteiger partial charge is 0.334 e. The number of amides is 2. The number of sulfonamides is 1. The fraction of sp³-hybridized carbons (Fsp3) is 0.353. The number of hydrogen-bond donors (Lipinski definition) is 2. The first-order valence-electron chi connectivity index (χ1n) is 8.27. The second-order valence-electron chi connectivity index (χ2n) is 6.10. The summed E-state index contributed by atoms with van der Waals surface area (Å²) in [6.07, 6.45) is 1.21. The molecule has 2 aromatic rings. The van der Waals surface area contributed by atoms with Crippen molar-refractivity contribution in [2.45, 2.75) is 29.6 Å². The van der Waals surface area contributed by atoms with Gasteiger partial charge in [0, 0.05) is 30.1 Å². The van der Waals surface area contributed by atoms with Gasteiger partial charge in [0.15, 0.2) is 0 Å². The molecule has 1 aromatic heterocycles. The molecule has 1 saturated heterocycles. The number of carbonyl (C=O) groups excluding carboxylic acids is 1. The molecule has 0 radical (unpaired) electrons. The zero-order valence-electron chi connectivity index (χ0n) is 14.0. The minimum Gasteiger partial charge on any atom is -0.334 e. The highest BCUT2D eigenvalue weighted by Gasteiger charge is 2.27. The zero-order chi connectivity index (χ0) is 18.6. The molecule has 2 amide bonds. The Morgan fingerprint density at radius 2 is 2.00 bits per heavy atom. The predicted octanol–water partition coefficient (Wildman–Crippen LogP) is 3.16. The Balaban J connectivity index is 1.46. The summed E-state index contributed by atoms with van der Waals surface area (Å²) in [7, 11) is -3.46. The summed E-state index contributed by atoms with van der Waals surface area (Å²) in [4.78, 5) is 14.0. The number of piperidine rings is 1. The van der Waals surface area contributed by atoms with Crippen LogP contribution in [0.1, 0.15) is 18.4 Å². The maximum Gasteiger partial charge on any atom is 0.317 e. The molecule has 0 spiro atoms. The molecular formula is C17H20BrN3O3S2. The Labute approximate surface area is 165 Å². The number of halogens is 1. The molecule has 3 rings (SSSR count). The second kappa shape index (κ2) is 8.51. The van der Waals surface area contributed by atoms with E-state index in [9.17, 15) is 13.2 Å². The van der Waals surface area contributed by atoms with Crippen LogP contribution in [0.3, 0.4) is 0 Å². The quantitative estimate of drug-likeness (QED) is 0.723. The van der Waals surface area contributed by atoms with Crippen LogP contribution in [-0.4, -0.2) is 38.5 Å². The standard InChI is InChI=1S/C17H20BrN3O3S2/c18-14-4-1-3-13(11-14)12-19-17(22)21-8-6-15(7-9-21)20-26(23,24)16-5-2-10-25-16/h1-5,10-11,15,20H,6-9,12H2,(H,19,22). The molecule has 2 N–H and O–H groups in total. The number of rotatable bonds is 5. The van der Waals surface area contributed by atoms with Crippen molar-refractivity contribution in [1.82, 2.24) is 14.9 Å². The van der Waals surface area contributed by atoms with Crippen LogP contribution in [0.2, 0.25) is 0 Å². The molecule has 1 aromatic carbocycles. The second-order valence-corrected chi connectivity index (χ2v) is 9.91. The van der Waals surface area contributed by atoms with Crippen LogP contribution in [-0.2, 0) is 16.6 Å². The molecule has 1 aliphatic heterocycles. The SMILES string of the molecule is O=C(NCc1cccc(Br)c1)N1CCC(NS(=O)(=O)c2cccs2)CC1. The Kier molecular flexibility index (Phi) is 6.33. The molecule has 2 heterocycles. The van der Waals surface area contributed by atoms with Gasteiger partial charge in [-0.25, -0.2) is 17.9 Å². The molecule has 0 unspecified atom stereocenters. The van der Waals surface area contributed by atoms with Gasteiger partial charge in [0.1, 0.15) is 4.21 Å². The van der Waals surface area contributed by atoms with Crippen LogP contribution in [0, 0.1) is 0 Å². The van der Waals surface area contributed by atoms with E-state index in [4.69, 9.17) is 0 Å². The van der Waals surface area contributed by atoms with Crippen LogP contribution < -0.4 is 10.0 Å². The average Bonchev–Trinajstić information content (AvgIpc) is 3.16. The van der Waals surface area contributed by atoms with Gasteiger partial charge in [-0.1, -0.05) is 34.1 Å². The van der Waals surface area contributed by atoms with Gasteiger partial charge in [-0.15, -0.1) is 11.3 Å². The molecule has 0 atom stereocenters. The van der Waals surface area contributed by atoms with Crippen molar-refractivity contribution < 1.29 is 13.2 Å². The lowest BCUT2D eigenvalue weighted by molar-refractivity contribution is 0.179.